The van der Waals surface area contributed by atoms with E-state index in [1.54, 1.807) is 0 Å². The average Bonchev–Trinajstić information content (AvgIpc) is 1.19. The van der Waals surface area contributed by atoms with Gasteiger partial charge in [0.05, 0.1) is 0 Å². The molecule has 0 heterocycles. The molecular formula is H3MoO7V. The first-order chi connectivity index (χ1) is 3.73. The molecule has 0 radical (unpaired) electrons. The molecule has 0 aliphatic rings. The third-order valence-electron chi connectivity index (χ3n) is 0. The van der Waals surface area contributed by atoms with Crippen molar-refractivity contribution in [2.24, 2.45) is 0 Å². The van der Waals surface area contributed by atoms with Crippen LogP contribution >= 0.6 is 0 Å². The summed E-state index contributed by atoms with van der Waals surface area (Å²) in [6.07, 6.45) is 0. The van der Waals surface area contributed by atoms with Crippen molar-refractivity contribution in [1.29, 1.82) is 0 Å². The van der Waals surface area contributed by atoms with Crippen molar-refractivity contribution in [2.75, 3.05) is 0 Å². The van der Waals surface area contributed by atoms with E-state index < -0.39 is 32.1 Å². The summed E-state index contributed by atoms with van der Waals surface area (Å²) in [5, 5.41) is 0. The standard InChI is InChI=1S/Mo.3H2O.4O.V/h;3*1H2;;;;;/q+2;;;;;;;;+1/p-3. The summed E-state index contributed by atoms with van der Waals surface area (Å²) in [4.78, 5) is 0. The van der Waals surface area contributed by atoms with Crippen LogP contribution in [0.25, 0.3) is 0 Å². The van der Waals surface area contributed by atoms with Gasteiger partial charge in [0.15, 0.2) is 0 Å². The van der Waals surface area contributed by atoms with E-state index in [0.29, 0.717) is 0 Å². The van der Waals surface area contributed by atoms with Gasteiger partial charge in [-0.15, -0.1) is 0 Å². The Kier molecular flexibility index (Phi) is 6.92. The van der Waals surface area contributed by atoms with Crippen LogP contribution in [0.5, 0.6) is 0 Å². The summed E-state index contributed by atoms with van der Waals surface area (Å²) in [6, 6.07) is 0. The molecule has 0 spiro atoms. The van der Waals surface area contributed by atoms with Gasteiger partial charge in [-0.1, -0.05) is 0 Å². The van der Waals surface area contributed by atoms with Crippen molar-refractivity contribution < 1.29 is 57.8 Å². The maximum absolute atomic E-state index is 8.85. The van der Waals surface area contributed by atoms with E-state index in [0.717, 1.165) is 0 Å². The molecule has 0 aromatic heterocycles. The monoisotopic (exact) mass is 264 g/mol. The Labute approximate surface area is 58.0 Å². The van der Waals surface area contributed by atoms with Crippen LogP contribution in [0.3, 0.4) is 0 Å². The topological polar surface area (TPSA) is 129 Å². The molecule has 3 N–H and O–H groups in total. The molecule has 7 nitrogen and oxygen atoms in total. The van der Waals surface area contributed by atoms with Crippen LogP contribution in [-0.2, 0) is 46.3 Å². The fraction of sp³-hybridized carbons (Fsp3) is 0. The Morgan fingerprint density at radius 1 is 1.11 bits per heavy atom. The number of hydrogen-bond acceptors (Lipinski definition) is 4. The van der Waals surface area contributed by atoms with Crippen LogP contribution in [0.4, 0.5) is 0 Å². The molecule has 0 saturated carbocycles. The molecule has 0 unspecified atom stereocenters. The number of hydrogen-bond donors (Lipinski definition) is 3. The average molecular weight is 262 g/mol. The normalized spacial score (nSPS) is 9.22. The van der Waals surface area contributed by atoms with Crippen LogP contribution in [-0.4, -0.2) is 11.6 Å². The van der Waals surface area contributed by atoms with Gasteiger partial charge >= 0.3 is 57.8 Å². The fourth-order valence-corrected chi connectivity index (χ4v) is 0. The SMILES string of the molecule is [O]=[Mo](=[O])([OH])[OH].[O]=[V](=[O])[OH]. The second-order valence-corrected chi connectivity index (χ2v) is 3.63. The summed E-state index contributed by atoms with van der Waals surface area (Å²) in [6.45, 7) is 0. The van der Waals surface area contributed by atoms with E-state index in [-0.39, 0.29) is 0 Å². The first kappa shape index (κ1) is 12.1. The third kappa shape index (κ3) is 2710. The summed E-state index contributed by atoms with van der Waals surface area (Å²) in [5.74, 6) is 0. The molecule has 0 aromatic carbocycles. The summed E-state index contributed by atoms with van der Waals surface area (Å²) >= 11 is -9.21. The van der Waals surface area contributed by atoms with Crippen molar-refractivity contribution in [3.8, 4) is 0 Å². The zero-order valence-electron chi connectivity index (χ0n) is 3.83. The molecule has 0 aliphatic carbocycles. The maximum atomic E-state index is 8.85. The molecule has 0 bridgehead atoms. The molecule has 0 atom stereocenters. The van der Waals surface area contributed by atoms with Crippen LogP contribution < -0.4 is 0 Å². The van der Waals surface area contributed by atoms with Gasteiger partial charge in [0, 0.05) is 0 Å². The minimum absolute atomic E-state index is 3.69. The summed E-state index contributed by atoms with van der Waals surface area (Å²) in [7, 11) is 0. The van der Waals surface area contributed by atoms with E-state index in [1.807, 2.05) is 0 Å². The van der Waals surface area contributed by atoms with Crippen LogP contribution in [0.1, 0.15) is 0 Å². The molecule has 9 heavy (non-hydrogen) atoms. The van der Waals surface area contributed by atoms with Crippen molar-refractivity contribution in [3.05, 3.63) is 0 Å². The molecule has 0 rings (SSSR count). The van der Waals surface area contributed by atoms with Gasteiger partial charge in [-0.2, -0.15) is 0 Å². The summed E-state index contributed by atoms with van der Waals surface area (Å²) in [5.41, 5.74) is 0. The molecule has 0 aliphatic heterocycles. The Bertz CT molecular complexity index is 189. The van der Waals surface area contributed by atoms with Crippen LogP contribution in [0, 0.1) is 0 Å². The quantitative estimate of drug-likeness (QED) is 0.424. The van der Waals surface area contributed by atoms with Gasteiger partial charge < -0.3 is 0 Å². The van der Waals surface area contributed by atoms with E-state index in [1.165, 1.54) is 0 Å². The zero-order valence-corrected chi connectivity index (χ0v) is 7.23. The van der Waals surface area contributed by atoms with Crippen molar-refractivity contribution >= 4 is 0 Å². The summed E-state index contributed by atoms with van der Waals surface area (Å²) < 4.78 is 56.4. The van der Waals surface area contributed by atoms with Gasteiger partial charge in [0.25, 0.3) is 0 Å². The van der Waals surface area contributed by atoms with E-state index in [2.05, 4.69) is 0 Å². The van der Waals surface area contributed by atoms with E-state index in [9.17, 15) is 0 Å². The second kappa shape index (κ2) is 5.16. The van der Waals surface area contributed by atoms with Gasteiger partial charge in [-0.3, -0.25) is 0 Å². The van der Waals surface area contributed by atoms with Crippen molar-refractivity contribution in [3.63, 3.8) is 0 Å². The molecule has 9 heteroatoms. The molecule has 0 saturated heterocycles. The molecule has 56 valence electrons. The van der Waals surface area contributed by atoms with Crippen molar-refractivity contribution in [1.82, 2.24) is 0 Å². The molecule has 0 amide bonds. The second-order valence-electron chi connectivity index (χ2n) is 0.686. The third-order valence-corrected chi connectivity index (χ3v) is 0. The predicted octanol–water partition coefficient (Wildman–Crippen LogP) is -2.15. The zero-order chi connectivity index (χ0) is 8.08. The van der Waals surface area contributed by atoms with Gasteiger partial charge in [-0.25, -0.2) is 0 Å². The molecular weight excluding hydrogens is 259 g/mol. The van der Waals surface area contributed by atoms with E-state index in [4.69, 9.17) is 25.7 Å². The predicted molar refractivity (Wildman–Crippen MR) is 9.40 cm³/mol. The van der Waals surface area contributed by atoms with Crippen molar-refractivity contribution in [2.45, 2.75) is 0 Å². The Morgan fingerprint density at radius 2 is 1.11 bits per heavy atom. The molecule has 0 aromatic rings. The Morgan fingerprint density at radius 3 is 1.11 bits per heavy atom. The van der Waals surface area contributed by atoms with Gasteiger partial charge in [0.1, 0.15) is 0 Å². The number of rotatable bonds is 0. The minimum atomic E-state index is -5.52. The first-order valence-electron chi connectivity index (χ1n) is 1.26. The van der Waals surface area contributed by atoms with Crippen LogP contribution in [0.2, 0.25) is 0 Å². The van der Waals surface area contributed by atoms with Gasteiger partial charge in [0.2, 0.25) is 0 Å². The first-order valence-corrected chi connectivity index (χ1v) is 6.46. The van der Waals surface area contributed by atoms with Gasteiger partial charge in [-0.05, 0) is 0 Å². The Balaban J connectivity index is 0. The van der Waals surface area contributed by atoms with Crippen LogP contribution in [0.15, 0.2) is 0 Å². The fourth-order valence-electron chi connectivity index (χ4n) is 0. The van der Waals surface area contributed by atoms with E-state index >= 15 is 0 Å². The molecule has 0 fully saturated rings. The Hall–Kier alpha value is 0.353.